The Morgan fingerprint density at radius 2 is 1.56 bits per heavy atom. The summed E-state index contributed by atoms with van der Waals surface area (Å²) in [5, 5.41) is 8.40. The molecular formula is C11HF6N. The summed E-state index contributed by atoms with van der Waals surface area (Å²) in [6, 6.07) is 0.823. The molecule has 0 saturated carbocycles. The number of halogens is 6. The molecule has 7 heteroatoms. The normalized spacial score (nSPS) is 13.8. The lowest BCUT2D eigenvalue weighted by Crippen LogP contribution is -2.17. The molecule has 0 saturated heterocycles. The molecule has 2 rings (SSSR count). The van der Waals surface area contributed by atoms with Crippen molar-refractivity contribution in [2.24, 2.45) is 0 Å². The van der Waals surface area contributed by atoms with Gasteiger partial charge in [0, 0.05) is 0 Å². The van der Waals surface area contributed by atoms with Crippen LogP contribution in [-0.2, 0) is 6.18 Å². The molecule has 18 heavy (non-hydrogen) atoms. The molecule has 0 amide bonds. The number of benzene rings is 1. The molecule has 1 aliphatic rings. The predicted octanol–water partition coefficient (Wildman–Crippen LogP) is 3.09. The Labute approximate surface area is 96.6 Å². The molecular weight excluding hydrogens is 260 g/mol. The SMILES string of the molecule is N#Cc1c(F)c(F)c(C2C#C2)c(F)c1C(F)(F)F. The first-order valence-electron chi connectivity index (χ1n) is 4.47. The van der Waals surface area contributed by atoms with E-state index in [-0.39, 0.29) is 0 Å². The highest BCUT2D eigenvalue weighted by atomic mass is 19.4. The standard InChI is InChI=1S/C11HF6N/c12-8-5(3-18)7(11(15,16)17)9(13)6(10(8)14)4-1-2-4/h4H. The quantitative estimate of drug-likeness (QED) is 0.433. The van der Waals surface area contributed by atoms with E-state index >= 15 is 0 Å². The van der Waals surface area contributed by atoms with Gasteiger partial charge in [-0.3, -0.25) is 0 Å². The van der Waals surface area contributed by atoms with Crippen LogP contribution in [0.4, 0.5) is 26.3 Å². The van der Waals surface area contributed by atoms with E-state index in [2.05, 4.69) is 11.8 Å². The molecule has 0 spiro atoms. The molecule has 0 aliphatic heterocycles. The van der Waals surface area contributed by atoms with Gasteiger partial charge in [-0.25, -0.2) is 13.2 Å². The number of rotatable bonds is 1. The lowest BCUT2D eigenvalue weighted by molar-refractivity contribution is -0.140. The molecule has 1 aromatic rings. The lowest BCUT2D eigenvalue weighted by Gasteiger charge is -2.14. The fourth-order valence-electron chi connectivity index (χ4n) is 1.49. The van der Waals surface area contributed by atoms with Gasteiger partial charge in [0.05, 0.1) is 5.56 Å². The second-order valence-corrected chi connectivity index (χ2v) is 3.44. The fraction of sp³-hybridized carbons (Fsp3) is 0.182. The van der Waals surface area contributed by atoms with Gasteiger partial charge >= 0.3 is 6.18 Å². The summed E-state index contributed by atoms with van der Waals surface area (Å²) in [5.41, 5.74) is -4.92. The van der Waals surface area contributed by atoms with Crippen molar-refractivity contribution in [1.82, 2.24) is 0 Å². The molecule has 1 aliphatic carbocycles. The zero-order valence-corrected chi connectivity index (χ0v) is 8.29. The summed E-state index contributed by atoms with van der Waals surface area (Å²) in [4.78, 5) is 0. The minimum absolute atomic E-state index is 0.823. The summed E-state index contributed by atoms with van der Waals surface area (Å²) < 4.78 is 77.9. The van der Waals surface area contributed by atoms with Crippen molar-refractivity contribution in [3.63, 3.8) is 0 Å². The van der Waals surface area contributed by atoms with Gasteiger partial charge < -0.3 is 0 Å². The third-order valence-corrected chi connectivity index (χ3v) is 2.33. The largest absolute Gasteiger partial charge is 0.420 e. The second kappa shape index (κ2) is 3.67. The first kappa shape index (κ1) is 12.3. The van der Waals surface area contributed by atoms with Crippen LogP contribution in [-0.4, -0.2) is 0 Å². The molecule has 1 aromatic carbocycles. The number of nitrogens with zero attached hydrogens (tertiary/aromatic N) is 1. The Kier molecular flexibility index (Phi) is 2.51. The van der Waals surface area contributed by atoms with Crippen molar-refractivity contribution in [1.29, 1.82) is 5.26 Å². The van der Waals surface area contributed by atoms with Crippen LogP contribution in [0.5, 0.6) is 0 Å². The molecule has 0 N–H and O–H groups in total. The Morgan fingerprint density at radius 3 is 1.94 bits per heavy atom. The Bertz CT molecular complexity index is 633. The third kappa shape index (κ3) is 1.68. The van der Waals surface area contributed by atoms with E-state index in [1.54, 1.807) is 0 Å². The highest BCUT2D eigenvalue weighted by Gasteiger charge is 2.43. The van der Waals surface area contributed by atoms with Gasteiger partial charge in [0.15, 0.2) is 11.6 Å². The van der Waals surface area contributed by atoms with Crippen LogP contribution >= 0.6 is 0 Å². The van der Waals surface area contributed by atoms with Crippen molar-refractivity contribution in [2.45, 2.75) is 12.1 Å². The zero-order valence-electron chi connectivity index (χ0n) is 8.29. The van der Waals surface area contributed by atoms with Gasteiger partial charge in [-0.1, -0.05) is 11.8 Å². The molecule has 0 bridgehead atoms. The van der Waals surface area contributed by atoms with E-state index in [0.29, 0.717) is 0 Å². The Morgan fingerprint density at radius 1 is 1.00 bits per heavy atom. The predicted molar refractivity (Wildman–Crippen MR) is 46.5 cm³/mol. The monoisotopic (exact) mass is 261 g/mol. The summed E-state index contributed by atoms with van der Waals surface area (Å²) >= 11 is 0. The number of alkyl halides is 3. The Hall–Kier alpha value is -2.15. The van der Waals surface area contributed by atoms with Crippen molar-refractivity contribution in [3.05, 3.63) is 34.1 Å². The average Bonchev–Trinajstić information content (AvgIpc) is 3.05. The topological polar surface area (TPSA) is 23.8 Å². The van der Waals surface area contributed by atoms with Crippen LogP contribution < -0.4 is 0 Å². The van der Waals surface area contributed by atoms with Crippen molar-refractivity contribution >= 4 is 0 Å². The summed E-state index contributed by atoms with van der Waals surface area (Å²) in [6.45, 7) is 0. The van der Waals surface area contributed by atoms with Gasteiger partial charge in [-0.15, -0.1) is 0 Å². The van der Waals surface area contributed by atoms with Crippen molar-refractivity contribution in [3.8, 4) is 17.9 Å². The maximum absolute atomic E-state index is 13.6. The van der Waals surface area contributed by atoms with Crippen molar-refractivity contribution in [2.75, 3.05) is 0 Å². The first-order chi connectivity index (χ1) is 8.29. The zero-order chi connectivity index (χ0) is 13.7. The Balaban J connectivity index is 2.83. The molecule has 92 valence electrons. The number of hydrogen-bond acceptors (Lipinski definition) is 1. The van der Waals surface area contributed by atoms with Crippen LogP contribution in [0, 0.1) is 40.6 Å². The fourth-order valence-corrected chi connectivity index (χ4v) is 1.49. The molecule has 1 nitrogen and oxygen atoms in total. The van der Waals surface area contributed by atoms with Crippen LogP contribution in [0.25, 0.3) is 0 Å². The second-order valence-electron chi connectivity index (χ2n) is 3.44. The van der Waals surface area contributed by atoms with E-state index in [9.17, 15) is 26.3 Å². The minimum atomic E-state index is -5.30. The highest BCUT2D eigenvalue weighted by Crippen LogP contribution is 2.40. The smallest absolute Gasteiger partial charge is 0.206 e. The van der Waals surface area contributed by atoms with Gasteiger partial charge in [0.2, 0.25) is 0 Å². The van der Waals surface area contributed by atoms with Crippen molar-refractivity contribution < 1.29 is 26.3 Å². The van der Waals surface area contributed by atoms with E-state index < -0.39 is 46.2 Å². The lowest BCUT2D eigenvalue weighted by atomic mass is 9.97. The van der Waals surface area contributed by atoms with E-state index in [4.69, 9.17) is 5.26 Å². The average molecular weight is 261 g/mol. The molecule has 0 fully saturated rings. The molecule has 0 atom stereocenters. The first-order valence-corrected chi connectivity index (χ1v) is 4.47. The highest BCUT2D eigenvalue weighted by molar-refractivity contribution is 5.54. The summed E-state index contributed by atoms with van der Waals surface area (Å²) in [7, 11) is 0. The van der Waals surface area contributed by atoms with Gasteiger partial charge in [-0.2, -0.15) is 18.4 Å². The summed E-state index contributed by atoms with van der Waals surface area (Å²) in [5.74, 6) is -2.82. The van der Waals surface area contributed by atoms with E-state index in [0.717, 1.165) is 6.07 Å². The summed E-state index contributed by atoms with van der Waals surface area (Å²) in [6.07, 6.45) is -5.30. The van der Waals surface area contributed by atoms with Gasteiger partial charge in [0.25, 0.3) is 0 Å². The number of nitriles is 1. The minimum Gasteiger partial charge on any atom is -0.206 e. The maximum Gasteiger partial charge on any atom is 0.420 e. The van der Waals surface area contributed by atoms with Gasteiger partial charge in [-0.05, 0) is 0 Å². The van der Waals surface area contributed by atoms with Gasteiger partial charge in [0.1, 0.15) is 28.9 Å². The van der Waals surface area contributed by atoms with Crippen LogP contribution in [0.1, 0.15) is 22.6 Å². The van der Waals surface area contributed by atoms with E-state index in [1.165, 1.54) is 0 Å². The van der Waals surface area contributed by atoms with Crippen LogP contribution in [0.15, 0.2) is 0 Å². The van der Waals surface area contributed by atoms with Crippen LogP contribution in [0.3, 0.4) is 0 Å². The third-order valence-electron chi connectivity index (χ3n) is 2.33. The van der Waals surface area contributed by atoms with Crippen LogP contribution in [0.2, 0.25) is 0 Å². The number of hydrogen-bond donors (Lipinski definition) is 0. The maximum atomic E-state index is 13.6. The molecule has 0 aromatic heterocycles. The molecule has 0 radical (unpaired) electrons. The molecule has 0 heterocycles. The molecule has 0 unspecified atom stereocenters. The van der Waals surface area contributed by atoms with E-state index in [1.807, 2.05) is 0 Å².